The Morgan fingerprint density at radius 1 is 1.09 bits per heavy atom. The number of amides is 1. The lowest BCUT2D eigenvalue weighted by Gasteiger charge is -2.08. The topological polar surface area (TPSA) is 79.0 Å². The van der Waals surface area contributed by atoms with E-state index in [9.17, 15) is 13.2 Å². The van der Waals surface area contributed by atoms with Crippen LogP contribution in [0.4, 0.5) is 0 Å². The number of hydrogen-bond acceptors (Lipinski definition) is 3. The number of H-pyrrole nitrogens is 1. The van der Waals surface area contributed by atoms with Gasteiger partial charge in [0.1, 0.15) is 4.90 Å². The molecule has 0 aliphatic rings. The Morgan fingerprint density at radius 3 is 2.57 bits per heavy atom. The molecule has 1 heterocycles. The quantitative estimate of drug-likeness (QED) is 0.761. The molecule has 2 aromatic carbocycles. The van der Waals surface area contributed by atoms with E-state index in [1.807, 2.05) is 24.3 Å². The van der Waals surface area contributed by atoms with Gasteiger partial charge in [0.15, 0.2) is 0 Å². The summed E-state index contributed by atoms with van der Waals surface area (Å²) >= 11 is 5.88. The normalized spacial score (nSPS) is 11.5. The second-order valence-corrected chi connectivity index (χ2v) is 7.05. The first kappa shape index (κ1) is 15.6. The van der Waals surface area contributed by atoms with Crippen molar-refractivity contribution in [3.05, 3.63) is 65.3 Å². The summed E-state index contributed by atoms with van der Waals surface area (Å²) in [7, 11) is -3.99. The molecule has 0 saturated heterocycles. The highest BCUT2D eigenvalue weighted by Gasteiger charge is 2.21. The molecule has 0 radical (unpaired) electrons. The highest BCUT2D eigenvalue weighted by molar-refractivity contribution is 7.90. The second-order valence-electron chi connectivity index (χ2n) is 5.00. The number of para-hydroxylation sites is 1. The first-order valence-corrected chi connectivity index (χ1v) is 8.68. The molecule has 23 heavy (non-hydrogen) atoms. The van der Waals surface area contributed by atoms with Crippen LogP contribution in [0.15, 0.2) is 59.6 Å². The van der Waals surface area contributed by atoms with E-state index in [4.69, 9.17) is 11.6 Å². The van der Waals surface area contributed by atoms with Crippen molar-refractivity contribution < 1.29 is 13.2 Å². The number of hydrogen-bond donors (Lipinski definition) is 2. The van der Waals surface area contributed by atoms with Crippen LogP contribution in [-0.4, -0.2) is 19.3 Å². The number of aromatic nitrogens is 1. The van der Waals surface area contributed by atoms with E-state index in [-0.39, 0.29) is 16.3 Å². The molecule has 0 aliphatic heterocycles. The Bertz CT molecular complexity index is 980. The van der Waals surface area contributed by atoms with Crippen LogP contribution in [-0.2, 0) is 21.2 Å². The minimum atomic E-state index is -3.99. The first-order chi connectivity index (χ1) is 11.0. The Balaban J connectivity index is 1.81. The maximum Gasteiger partial charge on any atom is 0.265 e. The van der Waals surface area contributed by atoms with Gasteiger partial charge in [-0.2, -0.15) is 0 Å². The zero-order valence-corrected chi connectivity index (χ0v) is 13.5. The summed E-state index contributed by atoms with van der Waals surface area (Å²) in [5.74, 6) is -0.616. The number of halogens is 1. The summed E-state index contributed by atoms with van der Waals surface area (Å²) in [6.45, 7) is 0. The van der Waals surface area contributed by atoms with E-state index in [0.717, 1.165) is 16.5 Å². The number of nitrogens with one attached hydrogen (secondary N) is 2. The second kappa shape index (κ2) is 6.06. The van der Waals surface area contributed by atoms with Gasteiger partial charge in [-0.3, -0.25) is 4.79 Å². The molecule has 7 heteroatoms. The van der Waals surface area contributed by atoms with E-state index in [2.05, 4.69) is 9.71 Å². The molecule has 2 N–H and O–H groups in total. The summed E-state index contributed by atoms with van der Waals surface area (Å²) in [6, 6.07) is 13.5. The van der Waals surface area contributed by atoms with E-state index < -0.39 is 15.9 Å². The van der Waals surface area contributed by atoms with Crippen LogP contribution < -0.4 is 4.72 Å². The van der Waals surface area contributed by atoms with Crippen LogP contribution in [0.2, 0.25) is 5.02 Å². The van der Waals surface area contributed by atoms with Crippen molar-refractivity contribution in [1.82, 2.24) is 9.71 Å². The van der Waals surface area contributed by atoms with E-state index >= 15 is 0 Å². The van der Waals surface area contributed by atoms with Crippen molar-refractivity contribution >= 4 is 38.4 Å². The number of carbonyl (C=O) groups excluding carboxylic acids is 1. The maximum absolute atomic E-state index is 12.2. The predicted octanol–water partition coefficient (Wildman–Crippen LogP) is 2.87. The number of sulfonamides is 1. The fraction of sp³-hybridized carbons (Fsp3) is 0.0625. The fourth-order valence-electron chi connectivity index (χ4n) is 2.35. The molecular formula is C16H13ClN2O3S. The van der Waals surface area contributed by atoms with Crippen LogP contribution >= 0.6 is 11.6 Å². The molecule has 0 atom stereocenters. The molecule has 0 spiro atoms. The van der Waals surface area contributed by atoms with Crippen LogP contribution in [0.25, 0.3) is 10.9 Å². The van der Waals surface area contributed by atoms with Gasteiger partial charge in [-0.05, 0) is 23.8 Å². The van der Waals surface area contributed by atoms with Crippen LogP contribution in [0.1, 0.15) is 5.56 Å². The molecule has 1 aromatic heterocycles. The van der Waals surface area contributed by atoms with Crippen molar-refractivity contribution in [1.29, 1.82) is 0 Å². The molecule has 118 valence electrons. The zero-order valence-electron chi connectivity index (χ0n) is 11.9. The number of carbonyl (C=O) groups is 1. The van der Waals surface area contributed by atoms with Gasteiger partial charge in [-0.25, -0.2) is 13.1 Å². The molecule has 0 bridgehead atoms. The average molecular weight is 349 g/mol. The van der Waals surface area contributed by atoms with Gasteiger partial charge in [-0.15, -0.1) is 0 Å². The third-order valence-electron chi connectivity index (χ3n) is 3.40. The van der Waals surface area contributed by atoms with Gasteiger partial charge in [0.05, 0.1) is 11.4 Å². The fourth-order valence-corrected chi connectivity index (χ4v) is 3.86. The van der Waals surface area contributed by atoms with E-state index in [0.29, 0.717) is 0 Å². The molecule has 5 nitrogen and oxygen atoms in total. The molecule has 1 amide bonds. The van der Waals surface area contributed by atoms with Gasteiger partial charge in [0.25, 0.3) is 10.0 Å². The zero-order chi connectivity index (χ0) is 16.4. The van der Waals surface area contributed by atoms with Gasteiger partial charge in [0.2, 0.25) is 5.91 Å². The van der Waals surface area contributed by atoms with Gasteiger partial charge >= 0.3 is 0 Å². The first-order valence-electron chi connectivity index (χ1n) is 6.82. The SMILES string of the molecule is O=C(Cc1c[nH]c2ccccc12)NS(=O)(=O)c1ccccc1Cl. The summed E-state index contributed by atoms with van der Waals surface area (Å²) < 4.78 is 26.5. The summed E-state index contributed by atoms with van der Waals surface area (Å²) in [5, 5.41) is 0.956. The summed E-state index contributed by atoms with van der Waals surface area (Å²) in [5.41, 5.74) is 1.62. The molecular weight excluding hydrogens is 336 g/mol. The molecule has 0 unspecified atom stereocenters. The maximum atomic E-state index is 12.2. The highest BCUT2D eigenvalue weighted by atomic mass is 35.5. The minimum Gasteiger partial charge on any atom is -0.361 e. The van der Waals surface area contributed by atoms with Crippen molar-refractivity contribution in [3.63, 3.8) is 0 Å². The van der Waals surface area contributed by atoms with Crippen molar-refractivity contribution in [3.8, 4) is 0 Å². The molecule has 0 saturated carbocycles. The summed E-state index contributed by atoms with van der Waals surface area (Å²) in [4.78, 5) is 15.0. The lowest BCUT2D eigenvalue weighted by molar-refractivity contribution is -0.118. The predicted molar refractivity (Wildman–Crippen MR) is 88.8 cm³/mol. The molecule has 0 aliphatic carbocycles. The number of fused-ring (bicyclic) bond motifs is 1. The van der Waals surface area contributed by atoms with Crippen molar-refractivity contribution in [2.24, 2.45) is 0 Å². The average Bonchev–Trinajstić information content (AvgIpc) is 2.90. The number of aromatic amines is 1. The Kier molecular flexibility index (Phi) is 4.11. The smallest absolute Gasteiger partial charge is 0.265 e. The largest absolute Gasteiger partial charge is 0.361 e. The van der Waals surface area contributed by atoms with Crippen LogP contribution in [0.5, 0.6) is 0 Å². The van der Waals surface area contributed by atoms with Gasteiger partial charge in [0, 0.05) is 17.1 Å². The van der Waals surface area contributed by atoms with Gasteiger partial charge < -0.3 is 4.98 Å². The molecule has 3 aromatic rings. The molecule has 3 rings (SSSR count). The van der Waals surface area contributed by atoms with Crippen molar-refractivity contribution in [2.75, 3.05) is 0 Å². The Hall–Kier alpha value is -2.31. The van der Waals surface area contributed by atoms with Crippen LogP contribution in [0.3, 0.4) is 0 Å². The van der Waals surface area contributed by atoms with Gasteiger partial charge in [-0.1, -0.05) is 41.9 Å². The van der Waals surface area contributed by atoms with E-state index in [1.165, 1.54) is 12.1 Å². The monoisotopic (exact) mass is 348 g/mol. The minimum absolute atomic E-state index is 0.0479. The Labute approximate surface area is 138 Å². The number of rotatable bonds is 4. The standard InChI is InChI=1S/C16H13ClN2O3S/c17-13-6-2-4-8-15(13)23(21,22)19-16(20)9-11-10-18-14-7-3-1-5-12(11)14/h1-8,10,18H,9H2,(H,19,20). The highest BCUT2D eigenvalue weighted by Crippen LogP contribution is 2.21. The van der Waals surface area contributed by atoms with Crippen molar-refractivity contribution in [2.45, 2.75) is 11.3 Å². The number of benzene rings is 2. The lowest BCUT2D eigenvalue weighted by Crippen LogP contribution is -2.31. The third kappa shape index (κ3) is 3.23. The van der Waals surface area contributed by atoms with Crippen LogP contribution in [0, 0.1) is 0 Å². The summed E-state index contributed by atoms with van der Waals surface area (Å²) in [6.07, 6.45) is 1.65. The third-order valence-corrected chi connectivity index (χ3v) is 5.27. The van der Waals surface area contributed by atoms with E-state index in [1.54, 1.807) is 18.3 Å². The molecule has 0 fully saturated rings. The Morgan fingerprint density at radius 2 is 1.78 bits per heavy atom. The lowest BCUT2D eigenvalue weighted by atomic mass is 10.1.